The highest BCUT2D eigenvalue weighted by atomic mass is 16.3. The van der Waals surface area contributed by atoms with Crippen LogP contribution in [-0.2, 0) is 26.1 Å². The van der Waals surface area contributed by atoms with Crippen molar-refractivity contribution in [2.45, 2.75) is 57.8 Å². The van der Waals surface area contributed by atoms with Gasteiger partial charge in [0.15, 0.2) is 0 Å². The quantitative estimate of drug-likeness (QED) is 0.720. The van der Waals surface area contributed by atoms with E-state index in [9.17, 15) is 9.90 Å². The standard InChI is InChI=1S/C22H27N5O2/c28-13-12-26-21(23-19-8-2-1-7-18(19)22(26)29)20-9-5-10-25(20)15-16-14-17-6-3-4-11-27(17)24-16/h1-2,7-8,14,20,28H,3-6,9-13,15H2. The van der Waals surface area contributed by atoms with Gasteiger partial charge in [0.1, 0.15) is 5.82 Å². The molecule has 1 saturated heterocycles. The van der Waals surface area contributed by atoms with Crippen LogP contribution in [0.1, 0.15) is 48.9 Å². The van der Waals surface area contributed by atoms with Crippen molar-refractivity contribution in [1.29, 1.82) is 0 Å². The van der Waals surface area contributed by atoms with Crippen LogP contribution in [0.4, 0.5) is 0 Å². The average Bonchev–Trinajstić information content (AvgIpc) is 3.36. The van der Waals surface area contributed by atoms with Crippen LogP contribution in [0.3, 0.4) is 0 Å². The first-order chi connectivity index (χ1) is 14.2. The zero-order valence-electron chi connectivity index (χ0n) is 16.6. The second-order valence-corrected chi connectivity index (χ2v) is 8.10. The molecule has 1 aromatic carbocycles. The summed E-state index contributed by atoms with van der Waals surface area (Å²) in [6.07, 6.45) is 5.59. The number of aliphatic hydroxyl groups excluding tert-OH is 1. The average molecular weight is 393 g/mol. The minimum absolute atomic E-state index is 0.0658. The molecule has 0 radical (unpaired) electrons. The summed E-state index contributed by atoms with van der Waals surface area (Å²) in [6, 6.07) is 9.78. The summed E-state index contributed by atoms with van der Waals surface area (Å²) >= 11 is 0. The fourth-order valence-corrected chi connectivity index (χ4v) is 4.83. The first kappa shape index (κ1) is 18.5. The van der Waals surface area contributed by atoms with Crippen LogP contribution in [0.15, 0.2) is 35.1 Å². The molecule has 5 rings (SSSR count). The first-order valence-corrected chi connectivity index (χ1v) is 10.6. The number of para-hydroxylation sites is 1. The fraction of sp³-hybridized carbons (Fsp3) is 0.500. The van der Waals surface area contributed by atoms with Crippen LogP contribution in [0.5, 0.6) is 0 Å². The van der Waals surface area contributed by atoms with Gasteiger partial charge in [-0.15, -0.1) is 0 Å². The Morgan fingerprint density at radius 2 is 2.03 bits per heavy atom. The Bertz CT molecular complexity index is 1060. The zero-order chi connectivity index (χ0) is 19.8. The summed E-state index contributed by atoms with van der Waals surface area (Å²) in [4.78, 5) is 20.3. The molecule has 152 valence electrons. The molecule has 0 spiro atoms. The number of aliphatic hydroxyl groups is 1. The van der Waals surface area contributed by atoms with Gasteiger partial charge >= 0.3 is 0 Å². The van der Waals surface area contributed by atoms with Crippen molar-refractivity contribution in [2.75, 3.05) is 13.2 Å². The molecular weight excluding hydrogens is 366 g/mol. The van der Waals surface area contributed by atoms with E-state index in [1.165, 1.54) is 18.5 Å². The van der Waals surface area contributed by atoms with E-state index in [0.29, 0.717) is 5.39 Å². The number of fused-ring (bicyclic) bond motifs is 2. The number of aryl methyl sites for hydroxylation is 2. The third-order valence-corrected chi connectivity index (χ3v) is 6.21. The number of hydrogen-bond acceptors (Lipinski definition) is 5. The van der Waals surface area contributed by atoms with Gasteiger partial charge in [0, 0.05) is 18.8 Å². The first-order valence-electron chi connectivity index (χ1n) is 10.6. The van der Waals surface area contributed by atoms with Gasteiger partial charge in [-0.05, 0) is 56.8 Å². The lowest BCUT2D eigenvalue weighted by molar-refractivity contribution is 0.220. The molecule has 7 nitrogen and oxygen atoms in total. The summed E-state index contributed by atoms with van der Waals surface area (Å²) in [7, 11) is 0. The highest BCUT2D eigenvalue weighted by Crippen LogP contribution is 2.32. The summed E-state index contributed by atoms with van der Waals surface area (Å²) in [5.74, 6) is 0.768. The molecule has 29 heavy (non-hydrogen) atoms. The van der Waals surface area contributed by atoms with E-state index in [1.54, 1.807) is 4.57 Å². The minimum atomic E-state index is -0.0760. The summed E-state index contributed by atoms with van der Waals surface area (Å²) in [5, 5.41) is 15.0. The van der Waals surface area contributed by atoms with Gasteiger partial charge in [-0.2, -0.15) is 5.10 Å². The molecule has 2 aromatic heterocycles. The predicted molar refractivity (Wildman–Crippen MR) is 111 cm³/mol. The Kier molecular flexibility index (Phi) is 4.93. The van der Waals surface area contributed by atoms with Crippen molar-refractivity contribution in [2.24, 2.45) is 0 Å². The van der Waals surface area contributed by atoms with Gasteiger partial charge in [0.05, 0.1) is 35.8 Å². The molecule has 4 heterocycles. The maximum absolute atomic E-state index is 13.1. The predicted octanol–water partition coefficient (Wildman–Crippen LogP) is 2.26. The maximum atomic E-state index is 13.1. The van der Waals surface area contributed by atoms with Crippen LogP contribution in [0.25, 0.3) is 10.9 Å². The number of rotatable bonds is 5. The molecule has 1 atom stereocenters. The van der Waals surface area contributed by atoms with E-state index in [0.717, 1.165) is 55.9 Å². The minimum Gasteiger partial charge on any atom is -0.395 e. The van der Waals surface area contributed by atoms with Crippen molar-refractivity contribution in [3.05, 3.63) is 57.9 Å². The van der Waals surface area contributed by atoms with Crippen LogP contribution in [-0.4, -0.2) is 42.5 Å². The van der Waals surface area contributed by atoms with Gasteiger partial charge in [0.25, 0.3) is 5.56 Å². The second kappa shape index (κ2) is 7.72. The molecule has 0 bridgehead atoms. The zero-order valence-corrected chi connectivity index (χ0v) is 16.6. The molecule has 0 aliphatic carbocycles. The molecule has 1 fully saturated rings. The van der Waals surface area contributed by atoms with Crippen molar-refractivity contribution >= 4 is 10.9 Å². The highest BCUT2D eigenvalue weighted by Gasteiger charge is 2.31. The number of likely N-dealkylation sites (tertiary alicyclic amines) is 1. The molecular formula is C22H27N5O2. The van der Waals surface area contributed by atoms with E-state index in [1.807, 2.05) is 24.3 Å². The van der Waals surface area contributed by atoms with E-state index in [-0.39, 0.29) is 24.8 Å². The van der Waals surface area contributed by atoms with Gasteiger partial charge in [-0.25, -0.2) is 4.98 Å². The molecule has 7 heteroatoms. The Hall–Kier alpha value is -2.51. The number of aromatic nitrogens is 4. The molecule has 3 aromatic rings. The van der Waals surface area contributed by atoms with Gasteiger partial charge < -0.3 is 5.11 Å². The Labute approximate surface area is 169 Å². The van der Waals surface area contributed by atoms with Gasteiger partial charge in [-0.3, -0.25) is 18.9 Å². The lowest BCUT2D eigenvalue weighted by atomic mass is 10.1. The second-order valence-electron chi connectivity index (χ2n) is 8.10. The third-order valence-electron chi connectivity index (χ3n) is 6.21. The smallest absolute Gasteiger partial charge is 0.261 e. The van der Waals surface area contributed by atoms with Crippen LogP contribution in [0, 0.1) is 0 Å². The third kappa shape index (κ3) is 3.38. The number of hydrogen-bond donors (Lipinski definition) is 1. The summed E-state index contributed by atoms with van der Waals surface area (Å²) in [5.41, 5.74) is 3.10. The molecule has 2 aliphatic rings. The molecule has 1 N–H and O–H groups in total. The number of nitrogens with zero attached hydrogens (tertiary/aromatic N) is 5. The van der Waals surface area contributed by atoms with Gasteiger partial charge in [-0.1, -0.05) is 12.1 Å². The van der Waals surface area contributed by atoms with E-state index in [4.69, 9.17) is 10.1 Å². The maximum Gasteiger partial charge on any atom is 0.261 e. The van der Waals surface area contributed by atoms with Gasteiger partial charge in [0.2, 0.25) is 0 Å². The Balaban J connectivity index is 1.50. The SMILES string of the molecule is O=c1c2ccccc2nc(C2CCCN2Cc2cc3n(n2)CCCC3)n1CCO. The van der Waals surface area contributed by atoms with Crippen molar-refractivity contribution in [3.63, 3.8) is 0 Å². The molecule has 2 aliphatic heterocycles. The lowest BCUT2D eigenvalue weighted by Gasteiger charge is -2.25. The topological polar surface area (TPSA) is 76.2 Å². The van der Waals surface area contributed by atoms with E-state index >= 15 is 0 Å². The van der Waals surface area contributed by atoms with Crippen molar-refractivity contribution in [3.8, 4) is 0 Å². The van der Waals surface area contributed by atoms with E-state index in [2.05, 4.69) is 15.6 Å². The van der Waals surface area contributed by atoms with Crippen LogP contribution in [0.2, 0.25) is 0 Å². The lowest BCUT2D eigenvalue weighted by Crippen LogP contribution is -2.33. The molecule has 0 saturated carbocycles. The normalized spacial score (nSPS) is 19.7. The molecule has 1 unspecified atom stereocenters. The summed E-state index contributed by atoms with van der Waals surface area (Å²) < 4.78 is 3.82. The van der Waals surface area contributed by atoms with Crippen molar-refractivity contribution < 1.29 is 5.11 Å². The highest BCUT2D eigenvalue weighted by molar-refractivity contribution is 5.77. The van der Waals surface area contributed by atoms with Crippen LogP contribution < -0.4 is 5.56 Å². The van der Waals surface area contributed by atoms with E-state index < -0.39 is 0 Å². The largest absolute Gasteiger partial charge is 0.395 e. The Morgan fingerprint density at radius 1 is 1.14 bits per heavy atom. The monoisotopic (exact) mass is 393 g/mol. The van der Waals surface area contributed by atoms with Crippen molar-refractivity contribution in [1.82, 2.24) is 24.2 Å². The number of benzene rings is 1. The fourth-order valence-electron chi connectivity index (χ4n) is 4.83. The Morgan fingerprint density at radius 3 is 2.90 bits per heavy atom. The summed E-state index contributed by atoms with van der Waals surface area (Å²) in [6.45, 7) is 2.95. The van der Waals surface area contributed by atoms with Crippen LogP contribution >= 0.6 is 0 Å². The molecule has 0 amide bonds.